The molecular formula is C19H32N6O2. The maximum Gasteiger partial charge on any atom is 0.321 e. The predicted octanol–water partition coefficient (Wildman–Crippen LogP) is 1.65. The van der Waals surface area contributed by atoms with Gasteiger partial charge < -0.3 is 10.2 Å². The maximum atomic E-state index is 12.3. The van der Waals surface area contributed by atoms with E-state index in [4.69, 9.17) is 4.98 Å². The Morgan fingerprint density at radius 2 is 1.67 bits per heavy atom. The number of hydrogen-bond donors (Lipinski definition) is 2. The number of carbonyl (C=O) groups is 2. The Kier molecular flexibility index (Phi) is 7.12. The summed E-state index contributed by atoms with van der Waals surface area (Å²) in [4.78, 5) is 37.5. The van der Waals surface area contributed by atoms with Gasteiger partial charge in [0, 0.05) is 49.9 Å². The fourth-order valence-electron chi connectivity index (χ4n) is 3.01. The quantitative estimate of drug-likeness (QED) is 0.812. The summed E-state index contributed by atoms with van der Waals surface area (Å²) in [6, 6.07) is 1.19. The second kappa shape index (κ2) is 9.12. The lowest BCUT2D eigenvalue weighted by molar-refractivity contribution is -0.124. The zero-order valence-corrected chi connectivity index (χ0v) is 17.2. The fourth-order valence-corrected chi connectivity index (χ4v) is 3.01. The number of hydrogen-bond acceptors (Lipinski definition) is 6. The van der Waals surface area contributed by atoms with Gasteiger partial charge in [0.15, 0.2) is 0 Å². The third kappa shape index (κ3) is 5.89. The van der Waals surface area contributed by atoms with Crippen molar-refractivity contribution in [2.24, 2.45) is 0 Å². The Bertz CT molecular complexity index is 668. The SMILES string of the molecule is Cc1cc(N2CCN([C@H](C)C(=O)NC(=O)NC(C)C)CC2)nc(C(C)C)n1. The Morgan fingerprint density at radius 1 is 1.04 bits per heavy atom. The van der Waals surface area contributed by atoms with Crippen molar-refractivity contribution in [2.75, 3.05) is 31.1 Å². The lowest BCUT2D eigenvalue weighted by atomic mass is 10.2. The Hall–Kier alpha value is -2.22. The number of nitrogens with zero attached hydrogens (tertiary/aromatic N) is 4. The summed E-state index contributed by atoms with van der Waals surface area (Å²) < 4.78 is 0. The molecule has 1 aromatic rings. The zero-order chi connectivity index (χ0) is 20.1. The van der Waals surface area contributed by atoms with Crippen molar-refractivity contribution in [1.82, 2.24) is 25.5 Å². The molecule has 0 radical (unpaired) electrons. The highest BCUT2D eigenvalue weighted by molar-refractivity contribution is 5.96. The van der Waals surface area contributed by atoms with Crippen LogP contribution in [0.2, 0.25) is 0 Å². The minimum atomic E-state index is -0.446. The van der Waals surface area contributed by atoms with Crippen LogP contribution in [-0.4, -0.2) is 65.1 Å². The van der Waals surface area contributed by atoms with Crippen LogP contribution in [-0.2, 0) is 4.79 Å². The van der Waals surface area contributed by atoms with Gasteiger partial charge in [0.1, 0.15) is 11.6 Å². The van der Waals surface area contributed by atoms with Crippen LogP contribution in [0.5, 0.6) is 0 Å². The molecule has 2 heterocycles. The number of urea groups is 1. The van der Waals surface area contributed by atoms with Crippen molar-refractivity contribution in [3.63, 3.8) is 0 Å². The molecule has 1 aliphatic heterocycles. The summed E-state index contributed by atoms with van der Waals surface area (Å²) in [5.74, 6) is 1.81. The van der Waals surface area contributed by atoms with Crippen LogP contribution in [0.15, 0.2) is 6.07 Å². The van der Waals surface area contributed by atoms with Crippen molar-refractivity contribution in [2.45, 2.75) is 59.5 Å². The van der Waals surface area contributed by atoms with Gasteiger partial charge in [-0.15, -0.1) is 0 Å². The molecule has 2 N–H and O–H groups in total. The number of piperazine rings is 1. The van der Waals surface area contributed by atoms with E-state index in [2.05, 4.69) is 39.3 Å². The van der Waals surface area contributed by atoms with Crippen LogP contribution in [0.25, 0.3) is 0 Å². The second-order valence-electron chi connectivity index (χ2n) is 7.70. The number of aromatic nitrogens is 2. The standard InChI is InChI=1S/C19H32N6O2/c1-12(2)17-21-14(5)11-16(22-17)25-9-7-24(8-10-25)15(6)18(26)23-19(27)20-13(3)4/h11-13,15H,7-10H2,1-6H3,(H2,20,23,26,27)/t15-/m1/s1. The Labute approximate surface area is 161 Å². The van der Waals surface area contributed by atoms with Gasteiger partial charge in [-0.2, -0.15) is 0 Å². The second-order valence-corrected chi connectivity index (χ2v) is 7.70. The number of amides is 3. The fraction of sp³-hybridized carbons (Fsp3) is 0.684. The molecule has 0 saturated carbocycles. The van der Waals surface area contributed by atoms with E-state index in [1.807, 2.05) is 33.8 Å². The van der Waals surface area contributed by atoms with Gasteiger partial charge in [-0.05, 0) is 27.7 Å². The summed E-state index contributed by atoms with van der Waals surface area (Å²) in [6.07, 6.45) is 0. The molecule has 0 aliphatic carbocycles. The average Bonchev–Trinajstić information content (AvgIpc) is 2.59. The van der Waals surface area contributed by atoms with Gasteiger partial charge in [-0.25, -0.2) is 14.8 Å². The van der Waals surface area contributed by atoms with Crippen LogP contribution >= 0.6 is 0 Å². The number of carbonyl (C=O) groups excluding carboxylic acids is 2. The summed E-state index contributed by atoms with van der Waals surface area (Å²) in [6.45, 7) is 14.7. The topological polar surface area (TPSA) is 90.5 Å². The summed E-state index contributed by atoms with van der Waals surface area (Å²) in [5.41, 5.74) is 0.968. The summed E-state index contributed by atoms with van der Waals surface area (Å²) >= 11 is 0. The van der Waals surface area contributed by atoms with Crippen LogP contribution in [0.1, 0.15) is 52.1 Å². The van der Waals surface area contributed by atoms with Crippen LogP contribution < -0.4 is 15.5 Å². The molecule has 0 spiro atoms. The number of aryl methyl sites for hydroxylation is 1. The molecule has 2 rings (SSSR count). The molecular weight excluding hydrogens is 344 g/mol. The van der Waals surface area contributed by atoms with Crippen molar-refractivity contribution in [3.8, 4) is 0 Å². The zero-order valence-electron chi connectivity index (χ0n) is 17.2. The van der Waals surface area contributed by atoms with Crippen molar-refractivity contribution < 1.29 is 9.59 Å². The van der Waals surface area contributed by atoms with Gasteiger partial charge >= 0.3 is 6.03 Å². The summed E-state index contributed by atoms with van der Waals surface area (Å²) in [5, 5.41) is 5.08. The van der Waals surface area contributed by atoms with E-state index >= 15 is 0 Å². The molecule has 8 heteroatoms. The third-order valence-electron chi connectivity index (χ3n) is 4.60. The molecule has 0 unspecified atom stereocenters. The van der Waals surface area contributed by atoms with E-state index < -0.39 is 6.03 Å². The van der Waals surface area contributed by atoms with Gasteiger partial charge in [-0.3, -0.25) is 15.0 Å². The summed E-state index contributed by atoms with van der Waals surface area (Å²) in [7, 11) is 0. The van der Waals surface area contributed by atoms with Crippen LogP contribution in [0, 0.1) is 6.92 Å². The van der Waals surface area contributed by atoms with E-state index in [1.54, 1.807) is 0 Å². The Morgan fingerprint density at radius 3 is 2.22 bits per heavy atom. The molecule has 0 aromatic carbocycles. The first kappa shape index (κ1) is 21.1. The van der Waals surface area contributed by atoms with Crippen LogP contribution in [0.3, 0.4) is 0 Å². The number of anilines is 1. The van der Waals surface area contributed by atoms with Crippen molar-refractivity contribution in [3.05, 3.63) is 17.6 Å². The lowest BCUT2D eigenvalue weighted by Gasteiger charge is -2.38. The van der Waals surface area contributed by atoms with Crippen molar-refractivity contribution >= 4 is 17.8 Å². The lowest BCUT2D eigenvalue weighted by Crippen LogP contribution is -2.56. The number of imide groups is 1. The predicted molar refractivity (Wildman–Crippen MR) is 106 cm³/mol. The van der Waals surface area contributed by atoms with Gasteiger partial charge in [-0.1, -0.05) is 13.8 Å². The number of rotatable bonds is 5. The highest BCUT2D eigenvalue weighted by Gasteiger charge is 2.27. The highest BCUT2D eigenvalue weighted by atomic mass is 16.2. The first-order chi connectivity index (χ1) is 12.7. The molecule has 1 atom stereocenters. The monoisotopic (exact) mass is 376 g/mol. The average molecular weight is 377 g/mol. The van der Waals surface area contributed by atoms with Crippen LogP contribution in [0.4, 0.5) is 10.6 Å². The van der Waals surface area contributed by atoms with Gasteiger partial charge in [0.2, 0.25) is 5.91 Å². The highest BCUT2D eigenvalue weighted by Crippen LogP contribution is 2.19. The third-order valence-corrected chi connectivity index (χ3v) is 4.60. The minimum absolute atomic E-state index is 0.0105. The molecule has 1 fully saturated rings. The van der Waals surface area contributed by atoms with E-state index in [0.29, 0.717) is 0 Å². The van der Waals surface area contributed by atoms with E-state index in [0.717, 1.165) is 43.5 Å². The number of nitrogens with one attached hydrogen (secondary N) is 2. The Balaban J connectivity index is 1.93. The largest absolute Gasteiger partial charge is 0.354 e. The van der Waals surface area contributed by atoms with Gasteiger partial charge in [0.05, 0.1) is 6.04 Å². The maximum absolute atomic E-state index is 12.3. The first-order valence-electron chi connectivity index (χ1n) is 9.63. The molecule has 150 valence electrons. The first-order valence-corrected chi connectivity index (χ1v) is 9.63. The molecule has 3 amide bonds. The van der Waals surface area contributed by atoms with Crippen molar-refractivity contribution in [1.29, 1.82) is 0 Å². The van der Waals surface area contributed by atoms with Gasteiger partial charge in [0.25, 0.3) is 0 Å². The molecule has 1 aromatic heterocycles. The molecule has 1 saturated heterocycles. The minimum Gasteiger partial charge on any atom is -0.354 e. The smallest absolute Gasteiger partial charge is 0.321 e. The normalized spacial score (nSPS) is 16.5. The molecule has 8 nitrogen and oxygen atoms in total. The van der Waals surface area contributed by atoms with E-state index in [9.17, 15) is 9.59 Å². The molecule has 27 heavy (non-hydrogen) atoms. The van der Waals surface area contributed by atoms with E-state index in [1.165, 1.54) is 0 Å². The molecule has 0 bridgehead atoms. The molecule has 1 aliphatic rings. The van der Waals surface area contributed by atoms with E-state index in [-0.39, 0.29) is 23.9 Å².